The summed E-state index contributed by atoms with van der Waals surface area (Å²) in [5.74, 6) is 0.902. The van der Waals surface area contributed by atoms with E-state index < -0.39 is 0 Å². The molecule has 0 radical (unpaired) electrons. The fourth-order valence-electron chi connectivity index (χ4n) is 3.41. The third-order valence-electron chi connectivity index (χ3n) is 4.69. The van der Waals surface area contributed by atoms with Gasteiger partial charge in [-0.1, -0.05) is 18.2 Å². The van der Waals surface area contributed by atoms with Crippen LogP contribution in [0.25, 0.3) is 10.9 Å². The molecular formula is C20H20BrN3O. The van der Waals surface area contributed by atoms with E-state index in [-0.39, 0.29) is 0 Å². The Morgan fingerprint density at radius 3 is 2.96 bits per heavy atom. The molecule has 25 heavy (non-hydrogen) atoms. The van der Waals surface area contributed by atoms with Crippen molar-refractivity contribution in [2.24, 2.45) is 0 Å². The summed E-state index contributed by atoms with van der Waals surface area (Å²) in [6.45, 7) is 2.02. The second-order valence-corrected chi connectivity index (χ2v) is 7.13. The number of hydrogen-bond donors (Lipinski definition) is 1. The highest BCUT2D eigenvalue weighted by Crippen LogP contribution is 2.30. The Morgan fingerprint density at radius 2 is 2.08 bits per heavy atom. The normalized spacial score (nSPS) is 17.0. The van der Waals surface area contributed by atoms with Crippen molar-refractivity contribution in [3.63, 3.8) is 0 Å². The van der Waals surface area contributed by atoms with Crippen molar-refractivity contribution in [1.82, 2.24) is 4.98 Å². The van der Waals surface area contributed by atoms with Gasteiger partial charge in [-0.2, -0.15) is 0 Å². The first-order valence-corrected chi connectivity index (χ1v) is 9.22. The van der Waals surface area contributed by atoms with Crippen molar-refractivity contribution in [2.75, 3.05) is 30.4 Å². The van der Waals surface area contributed by atoms with Gasteiger partial charge in [0.05, 0.1) is 12.6 Å². The molecule has 128 valence electrons. The van der Waals surface area contributed by atoms with Crippen molar-refractivity contribution >= 4 is 38.2 Å². The first kappa shape index (κ1) is 16.2. The zero-order valence-corrected chi connectivity index (χ0v) is 15.7. The van der Waals surface area contributed by atoms with Crippen molar-refractivity contribution in [3.05, 3.63) is 59.2 Å². The summed E-state index contributed by atoms with van der Waals surface area (Å²) >= 11 is 3.59. The lowest BCUT2D eigenvalue weighted by Gasteiger charge is -2.20. The molecule has 0 spiro atoms. The van der Waals surface area contributed by atoms with Crippen LogP contribution in [0.1, 0.15) is 6.42 Å². The molecule has 1 aliphatic rings. The first-order chi connectivity index (χ1) is 12.2. The van der Waals surface area contributed by atoms with Crippen LogP contribution in [0.3, 0.4) is 0 Å². The predicted molar refractivity (Wildman–Crippen MR) is 107 cm³/mol. The summed E-state index contributed by atoms with van der Waals surface area (Å²) in [4.78, 5) is 6.89. The van der Waals surface area contributed by atoms with E-state index in [0.717, 1.165) is 46.3 Å². The maximum absolute atomic E-state index is 5.34. The van der Waals surface area contributed by atoms with Crippen molar-refractivity contribution in [3.8, 4) is 5.75 Å². The smallest absolute Gasteiger partial charge is 0.120 e. The van der Waals surface area contributed by atoms with Gasteiger partial charge in [-0.15, -0.1) is 0 Å². The van der Waals surface area contributed by atoms with Crippen molar-refractivity contribution in [2.45, 2.75) is 12.5 Å². The second-order valence-electron chi connectivity index (χ2n) is 6.27. The van der Waals surface area contributed by atoms with Crippen LogP contribution in [-0.2, 0) is 0 Å². The van der Waals surface area contributed by atoms with Crippen LogP contribution in [-0.4, -0.2) is 31.2 Å². The van der Waals surface area contributed by atoms with Gasteiger partial charge in [0.2, 0.25) is 0 Å². The number of para-hydroxylation sites is 1. The number of pyridine rings is 1. The Balaban J connectivity index is 1.52. The lowest BCUT2D eigenvalue weighted by molar-refractivity contribution is 0.415. The number of methoxy groups -OCH3 is 1. The van der Waals surface area contributed by atoms with E-state index in [4.69, 9.17) is 4.74 Å². The minimum Gasteiger partial charge on any atom is -0.497 e. The molecule has 1 N–H and O–H groups in total. The van der Waals surface area contributed by atoms with Gasteiger partial charge in [0.1, 0.15) is 5.75 Å². The molecule has 1 fully saturated rings. The molecule has 0 bridgehead atoms. The zero-order valence-electron chi connectivity index (χ0n) is 14.1. The summed E-state index contributed by atoms with van der Waals surface area (Å²) in [5.41, 5.74) is 3.35. The SMILES string of the molecule is COc1cccc(N2CCC(Nc3ccnc4c(Br)cccc34)C2)c1. The van der Waals surface area contributed by atoms with E-state index in [1.165, 1.54) is 5.69 Å². The second kappa shape index (κ2) is 6.92. The van der Waals surface area contributed by atoms with Gasteiger partial charge in [0.15, 0.2) is 0 Å². The van der Waals surface area contributed by atoms with Gasteiger partial charge in [-0.25, -0.2) is 0 Å². The highest BCUT2D eigenvalue weighted by molar-refractivity contribution is 9.10. The van der Waals surface area contributed by atoms with Gasteiger partial charge >= 0.3 is 0 Å². The van der Waals surface area contributed by atoms with Crippen LogP contribution in [0.2, 0.25) is 0 Å². The molecule has 1 unspecified atom stereocenters. The Labute approximate surface area is 155 Å². The number of aromatic nitrogens is 1. The number of anilines is 2. The number of benzene rings is 2. The third kappa shape index (κ3) is 3.29. The van der Waals surface area contributed by atoms with Gasteiger partial charge in [-0.05, 0) is 46.6 Å². The van der Waals surface area contributed by atoms with Gasteiger partial charge < -0.3 is 15.0 Å². The number of nitrogens with zero attached hydrogens (tertiary/aromatic N) is 2. The van der Waals surface area contributed by atoms with Crippen molar-refractivity contribution < 1.29 is 4.74 Å². The Hall–Kier alpha value is -2.27. The lowest BCUT2D eigenvalue weighted by Crippen LogP contribution is -2.26. The molecule has 5 heteroatoms. The Kier molecular flexibility index (Phi) is 4.49. The molecule has 4 nitrogen and oxygen atoms in total. The largest absolute Gasteiger partial charge is 0.497 e. The van der Waals surface area contributed by atoms with Crippen LogP contribution >= 0.6 is 15.9 Å². The van der Waals surface area contributed by atoms with E-state index >= 15 is 0 Å². The summed E-state index contributed by atoms with van der Waals surface area (Å²) < 4.78 is 6.37. The Morgan fingerprint density at radius 1 is 1.20 bits per heavy atom. The maximum atomic E-state index is 5.34. The van der Waals surface area contributed by atoms with Crippen LogP contribution in [0.5, 0.6) is 5.75 Å². The topological polar surface area (TPSA) is 37.4 Å². The zero-order chi connectivity index (χ0) is 17.2. The van der Waals surface area contributed by atoms with E-state index in [1.807, 2.05) is 24.4 Å². The fourth-order valence-corrected chi connectivity index (χ4v) is 3.87. The summed E-state index contributed by atoms with van der Waals surface area (Å²) in [7, 11) is 1.71. The number of fused-ring (bicyclic) bond motifs is 1. The number of nitrogens with one attached hydrogen (secondary N) is 1. The molecule has 3 aromatic rings. The monoisotopic (exact) mass is 397 g/mol. The summed E-state index contributed by atoms with van der Waals surface area (Å²) in [6.07, 6.45) is 2.97. The average molecular weight is 398 g/mol. The fraction of sp³-hybridized carbons (Fsp3) is 0.250. The van der Waals surface area contributed by atoms with Gasteiger partial charge in [-0.3, -0.25) is 4.98 Å². The molecule has 2 aromatic carbocycles. The highest BCUT2D eigenvalue weighted by Gasteiger charge is 2.23. The van der Waals surface area contributed by atoms with E-state index in [2.05, 4.69) is 61.5 Å². The lowest BCUT2D eigenvalue weighted by atomic mass is 10.1. The molecule has 1 saturated heterocycles. The van der Waals surface area contributed by atoms with Crippen LogP contribution in [0.15, 0.2) is 59.2 Å². The van der Waals surface area contributed by atoms with Gasteiger partial charge in [0, 0.05) is 52.6 Å². The van der Waals surface area contributed by atoms with E-state index in [9.17, 15) is 0 Å². The molecule has 1 aliphatic heterocycles. The highest BCUT2D eigenvalue weighted by atomic mass is 79.9. The minimum absolute atomic E-state index is 0.413. The third-order valence-corrected chi connectivity index (χ3v) is 5.33. The average Bonchev–Trinajstić information content (AvgIpc) is 3.11. The molecule has 1 aromatic heterocycles. The molecule has 0 aliphatic carbocycles. The maximum Gasteiger partial charge on any atom is 0.120 e. The molecular weight excluding hydrogens is 378 g/mol. The van der Waals surface area contributed by atoms with E-state index in [1.54, 1.807) is 7.11 Å². The van der Waals surface area contributed by atoms with Crippen LogP contribution in [0.4, 0.5) is 11.4 Å². The molecule has 2 heterocycles. The quantitative estimate of drug-likeness (QED) is 0.692. The molecule has 4 rings (SSSR count). The minimum atomic E-state index is 0.413. The van der Waals surface area contributed by atoms with Crippen molar-refractivity contribution in [1.29, 1.82) is 0 Å². The first-order valence-electron chi connectivity index (χ1n) is 8.43. The number of halogens is 1. The van der Waals surface area contributed by atoms with Crippen LogP contribution in [0, 0.1) is 0 Å². The number of ether oxygens (including phenoxy) is 1. The van der Waals surface area contributed by atoms with E-state index in [0.29, 0.717) is 6.04 Å². The Bertz CT molecular complexity index is 899. The summed E-state index contributed by atoms with van der Waals surface area (Å²) in [5, 5.41) is 4.86. The molecule has 0 amide bonds. The standard InChI is InChI=1S/C20H20BrN3O/c1-25-16-5-2-4-15(12-16)24-11-9-14(13-24)23-19-8-10-22-20-17(19)6-3-7-18(20)21/h2-8,10,12,14H,9,11,13H2,1H3,(H,22,23). The number of rotatable bonds is 4. The van der Waals surface area contributed by atoms with Gasteiger partial charge in [0.25, 0.3) is 0 Å². The van der Waals surface area contributed by atoms with Crippen LogP contribution < -0.4 is 15.0 Å². The predicted octanol–water partition coefficient (Wildman–Crippen LogP) is 4.70. The molecule has 0 saturated carbocycles. The number of hydrogen-bond acceptors (Lipinski definition) is 4. The molecule has 1 atom stereocenters. The summed E-state index contributed by atoms with van der Waals surface area (Å²) in [6, 6.07) is 16.9.